The van der Waals surface area contributed by atoms with Gasteiger partial charge in [-0.1, -0.05) is 54.6 Å². The zero-order valence-electron chi connectivity index (χ0n) is 20.5. The van der Waals surface area contributed by atoms with Crippen molar-refractivity contribution in [2.75, 3.05) is 20.2 Å². The second-order valence-corrected chi connectivity index (χ2v) is 11.3. The number of aryl methyl sites for hydroxylation is 1. The molecule has 1 aliphatic heterocycles. The monoisotopic (exact) mass is 499 g/mol. The molecule has 1 N–H and O–H groups in total. The molecule has 0 radical (unpaired) electrons. The van der Waals surface area contributed by atoms with Crippen LogP contribution >= 0.6 is 11.3 Å². The summed E-state index contributed by atoms with van der Waals surface area (Å²) in [5.41, 5.74) is 3.00. The van der Waals surface area contributed by atoms with Crippen LogP contribution in [0, 0.1) is 18.3 Å². The minimum absolute atomic E-state index is 0.106. The van der Waals surface area contributed by atoms with E-state index in [2.05, 4.69) is 49.2 Å². The predicted octanol–water partition coefficient (Wildman–Crippen LogP) is 5.49. The number of methoxy groups -OCH3 is 1. The van der Waals surface area contributed by atoms with E-state index in [9.17, 15) is 14.7 Å². The van der Waals surface area contributed by atoms with Crippen LogP contribution < -0.4 is 4.74 Å². The van der Waals surface area contributed by atoms with E-state index in [1.807, 2.05) is 18.2 Å². The highest BCUT2D eigenvalue weighted by atomic mass is 32.1. The topological polar surface area (TPSA) is 66.8 Å². The highest BCUT2D eigenvalue weighted by Crippen LogP contribution is 2.70. The largest absolute Gasteiger partial charge is 0.496 e. The van der Waals surface area contributed by atoms with E-state index in [1.54, 1.807) is 29.4 Å². The summed E-state index contributed by atoms with van der Waals surface area (Å²) in [5, 5.41) is 13.0. The van der Waals surface area contributed by atoms with Gasteiger partial charge < -0.3 is 14.7 Å². The van der Waals surface area contributed by atoms with Crippen molar-refractivity contribution in [1.29, 1.82) is 0 Å². The van der Waals surface area contributed by atoms with Crippen molar-refractivity contribution >= 4 is 28.8 Å². The molecule has 184 valence electrons. The van der Waals surface area contributed by atoms with Gasteiger partial charge in [0.25, 0.3) is 5.91 Å². The molecule has 3 aromatic rings. The number of ether oxygens (including phenoxy) is 1. The smallest absolute Gasteiger partial charge is 0.312 e. The zero-order chi connectivity index (χ0) is 25.2. The standard InChI is InChI=1S/C30H29NO4S/c1-18-8-10-20(11-9-18)29-14-12-23(22-13-15-36-26(22)29)30(28(33)34)17-31(16-25(29)30)27(32)19(2)21-6-4-5-7-24(21)35-3/h4-11,13,15,23,25H,2,12,14,16-17H2,1,3H3,(H,33,34)/t23-,25?,29+,30+/m1/s1. The van der Waals surface area contributed by atoms with Crippen molar-refractivity contribution in [3.05, 3.63) is 93.7 Å². The first kappa shape index (κ1) is 23.0. The lowest BCUT2D eigenvalue weighted by Crippen LogP contribution is -2.59. The molecule has 1 saturated heterocycles. The van der Waals surface area contributed by atoms with E-state index in [0.717, 1.165) is 24.0 Å². The molecular weight excluding hydrogens is 470 g/mol. The molecule has 4 aliphatic rings. The van der Waals surface area contributed by atoms with Crippen LogP contribution in [0.1, 0.15) is 45.9 Å². The SMILES string of the molecule is C=C(C(=O)N1CC2[C@@]3(c4ccc(C)cc4)CC[C@H](c4ccsc43)[C@@]2(C(=O)O)C1)c1ccccc1OC. The van der Waals surface area contributed by atoms with Crippen LogP contribution in [-0.2, 0) is 15.0 Å². The van der Waals surface area contributed by atoms with Crippen molar-refractivity contribution in [3.8, 4) is 5.75 Å². The Balaban J connectivity index is 1.47. The van der Waals surface area contributed by atoms with Gasteiger partial charge in [0.15, 0.2) is 0 Å². The van der Waals surface area contributed by atoms with Crippen LogP contribution in [0.5, 0.6) is 5.75 Å². The van der Waals surface area contributed by atoms with Crippen LogP contribution in [0.15, 0.2) is 66.6 Å². The summed E-state index contributed by atoms with van der Waals surface area (Å²) in [4.78, 5) is 30.1. The fourth-order valence-corrected chi connectivity index (χ4v) is 8.60. The summed E-state index contributed by atoms with van der Waals surface area (Å²) >= 11 is 1.73. The number of hydrogen-bond donors (Lipinski definition) is 1. The Morgan fingerprint density at radius 2 is 1.89 bits per heavy atom. The van der Waals surface area contributed by atoms with Gasteiger partial charge in [-0.2, -0.15) is 0 Å². The average Bonchev–Trinajstić information content (AvgIpc) is 3.56. The number of hydrogen-bond acceptors (Lipinski definition) is 4. The molecule has 1 unspecified atom stereocenters. The molecule has 3 aliphatic carbocycles. The molecule has 2 aromatic carbocycles. The van der Waals surface area contributed by atoms with Crippen LogP contribution in [0.2, 0.25) is 0 Å². The van der Waals surface area contributed by atoms with Crippen LogP contribution in [0.4, 0.5) is 0 Å². The summed E-state index contributed by atoms with van der Waals surface area (Å²) in [7, 11) is 1.57. The normalized spacial score (nSPS) is 27.9. The number of likely N-dealkylation sites (tertiary alicyclic amines) is 1. The molecule has 1 saturated carbocycles. The number of rotatable bonds is 5. The van der Waals surface area contributed by atoms with Gasteiger partial charge in [0, 0.05) is 46.4 Å². The second-order valence-electron chi connectivity index (χ2n) is 10.4. The van der Waals surface area contributed by atoms with Gasteiger partial charge in [0.1, 0.15) is 5.75 Å². The lowest BCUT2D eigenvalue weighted by molar-refractivity contribution is -0.157. The molecule has 1 aromatic heterocycles. The van der Waals surface area contributed by atoms with E-state index >= 15 is 0 Å². The molecule has 6 heteroatoms. The first-order valence-corrected chi connectivity index (χ1v) is 13.2. The fraction of sp³-hybridized carbons (Fsp3) is 0.333. The maximum absolute atomic E-state index is 13.8. The zero-order valence-corrected chi connectivity index (χ0v) is 21.3. The Kier molecular flexibility index (Phi) is 5.16. The van der Waals surface area contributed by atoms with Crippen molar-refractivity contribution in [3.63, 3.8) is 0 Å². The molecule has 2 heterocycles. The molecule has 5 nitrogen and oxygen atoms in total. The van der Waals surface area contributed by atoms with Gasteiger partial charge in [-0.05, 0) is 48.4 Å². The van der Waals surface area contributed by atoms with Gasteiger partial charge in [0.2, 0.25) is 0 Å². The number of carbonyl (C=O) groups is 2. The maximum Gasteiger partial charge on any atom is 0.312 e. The van der Waals surface area contributed by atoms with Gasteiger partial charge >= 0.3 is 5.97 Å². The molecule has 7 rings (SSSR count). The number of carboxylic acids is 1. The van der Waals surface area contributed by atoms with Crippen molar-refractivity contribution in [2.24, 2.45) is 11.3 Å². The number of carbonyl (C=O) groups excluding carboxylic acids is 1. The fourth-order valence-electron chi connectivity index (χ4n) is 7.34. The van der Waals surface area contributed by atoms with E-state index in [1.165, 1.54) is 10.4 Å². The molecule has 1 amide bonds. The van der Waals surface area contributed by atoms with E-state index in [0.29, 0.717) is 23.4 Å². The quantitative estimate of drug-likeness (QED) is 0.472. The van der Waals surface area contributed by atoms with E-state index in [-0.39, 0.29) is 24.3 Å². The highest BCUT2D eigenvalue weighted by molar-refractivity contribution is 7.10. The minimum Gasteiger partial charge on any atom is -0.496 e. The van der Waals surface area contributed by atoms with Crippen molar-refractivity contribution in [1.82, 2.24) is 4.90 Å². The van der Waals surface area contributed by atoms with Gasteiger partial charge in [0.05, 0.1) is 12.5 Å². The maximum atomic E-state index is 13.8. The summed E-state index contributed by atoms with van der Waals surface area (Å²) in [6, 6.07) is 18.0. The Morgan fingerprint density at radius 3 is 2.61 bits per heavy atom. The Hall–Kier alpha value is -3.38. The van der Waals surface area contributed by atoms with E-state index < -0.39 is 16.8 Å². The van der Waals surface area contributed by atoms with E-state index in [4.69, 9.17) is 4.74 Å². The molecule has 0 spiro atoms. The van der Waals surface area contributed by atoms with Crippen LogP contribution in [0.3, 0.4) is 0 Å². The number of thiophene rings is 1. The number of benzene rings is 2. The lowest BCUT2D eigenvalue weighted by atomic mass is 9.44. The third-order valence-electron chi connectivity index (χ3n) is 8.94. The number of carboxylic acid groups (broad SMARTS) is 1. The van der Waals surface area contributed by atoms with Crippen LogP contribution in [0.25, 0.3) is 5.57 Å². The molecule has 2 bridgehead atoms. The third kappa shape index (κ3) is 2.88. The van der Waals surface area contributed by atoms with Crippen LogP contribution in [-0.4, -0.2) is 42.1 Å². The van der Waals surface area contributed by atoms with Gasteiger partial charge in [-0.15, -0.1) is 11.3 Å². The van der Waals surface area contributed by atoms with Crippen molar-refractivity contribution in [2.45, 2.75) is 31.1 Å². The first-order chi connectivity index (χ1) is 17.3. The lowest BCUT2D eigenvalue weighted by Gasteiger charge is -2.58. The third-order valence-corrected chi connectivity index (χ3v) is 10.0. The highest BCUT2D eigenvalue weighted by Gasteiger charge is 2.71. The number of nitrogens with zero attached hydrogens (tertiary/aromatic N) is 1. The molecule has 4 atom stereocenters. The number of aliphatic carboxylic acids is 1. The molecular formula is C30H29NO4S. The van der Waals surface area contributed by atoms with Crippen molar-refractivity contribution < 1.29 is 19.4 Å². The number of amides is 1. The minimum atomic E-state index is -1.03. The number of fused-ring (bicyclic) bond motifs is 1. The van der Waals surface area contributed by atoms with Gasteiger partial charge in [-0.25, -0.2) is 0 Å². The summed E-state index contributed by atoms with van der Waals surface area (Å²) < 4.78 is 5.47. The number of para-hydroxylation sites is 1. The Labute approximate surface area is 215 Å². The first-order valence-electron chi connectivity index (χ1n) is 12.3. The Morgan fingerprint density at radius 1 is 1.14 bits per heavy atom. The molecule has 2 fully saturated rings. The summed E-state index contributed by atoms with van der Waals surface area (Å²) in [5.74, 6) is -0.769. The Bertz CT molecular complexity index is 1390. The summed E-state index contributed by atoms with van der Waals surface area (Å²) in [6.07, 6.45) is 1.69. The van der Waals surface area contributed by atoms with Gasteiger partial charge in [-0.3, -0.25) is 9.59 Å². The second kappa shape index (κ2) is 8.07. The summed E-state index contributed by atoms with van der Waals surface area (Å²) in [6.45, 7) is 6.76. The predicted molar refractivity (Wildman–Crippen MR) is 140 cm³/mol. The molecule has 36 heavy (non-hydrogen) atoms. The average molecular weight is 500 g/mol.